The van der Waals surface area contributed by atoms with Crippen molar-refractivity contribution in [3.05, 3.63) is 48.0 Å². The molecule has 0 aromatic heterocycles. The molecule has 28 heavy (non-hydrogen) atoms. The van der Waals surface area contributed by atoms with Gasteiger partial charge in [-0.15, -0.1) is 0 Å². The van der Waals surface area contributed by atoms with E-state index in [0.717, 1.165) is 5.56 Å². The first-order chi connectivity index (χ1) is 13.5. The van der Waals surface area contributed by atoms with Gasteiger partial charge in [0.2, 0.25) is 0 Å². The Bertz CT molecular complexity index is 648. The van der Waals surface area contributed by atoms with Crippen LogP contribution in [0.4, 0.5) is 4.79 Å². The number of hydrogen-bond donors (Lipinski definition) is 4. The van der Waals surface area contributed by atoms with Crippen LogP contribution in [0.15, 0.2) is 42.5 Å². The molecule has 4 atom stereocenters. The molecule has 1 aliphatic rings. The lowest BCUT2D eigenvalue weighted by atomic mass is 9.91. The van der Waals surface area contributed by atoms with Crippen LogP contribution >= 0.6 is 0 Å². The summed E-state index contributed by atoms with van der Waals surface area (Å²) < 4.78 is 5.26. The maximum atomic E-state index is 11.9. The lowest BCUT2D eigenvalue weighted by molar-refractivity contribution is -0.137. The minimum absolute atomic E-state index is 0.0381. The van der Waals surface area contributed by atoms with Crippen molar-refractivity contribution < 1.29 is 29.6 Å². The zero-order valence-corrected chi connectivity index (χ0v) is 15.9. The molecule has 2 rings (SSSR count). The van der Waals surface area contributed by atoms with E-state index in [4.69, 9.17) is 9.84 Å². The highest BCUT2D eigenvalue weighted by molar-refractivity contribution is 5.67. The molecule has 0 aliphatic heterocycles. The number of nitrogens with one attached hydrogen (secondary N) is 1. The van der Waals surface area contributed by atoms with Crippen molar-refractivity contribution in [3.63, 3.8) is 0 Å². The van der Waals surface area contributed by atoms with Crippen LogP contribution in [0, 0.1) is 11.8 Å². The van der Waals surface area contributed by atoms with Crippen molar-refractivity contribution in [3.8, 4) is 0 Å². The highest BCUT2D eigenvalue weighted by atomic mass is 16.5. The third kappa shape index (κ3) is 7.32. The smallest absolute Gasteiger partial charge is 0.407 e. The fourth-order valence-corrected chi connectivity index (χ4v) is 3.47. The predicted octanol–water partition coefficient (Wildman–Crippen LogP) is 2.47. The van der Waals surface area contributed by atoms with Gasteiger partial charge in [-0.1, -0.05) is 42.5 Å². The number of ether oxygens (including phenoxy) is 1. The van der Waals surface area contributed by atoms with E-state index < -0.39 is 24.3 Å². The molecule has 1 amide bonds. The summed E-state index contributed by atoms with van der Waals surface area (Å²) in [5, 5.41) is 31.7. The number of amides is 1. The molecule has 154 valence electrons. The van der Waals surface area contributed by atoms with E-state index in [1.165, 1.54) is 0 Å². The van der Waals surface area contributed by atoms with Crippen LogP contribution in [-0.2, 0) is 16.1 Å². The number of carbonyl (C=O) groups excluding carboxylic acids is 1. The average Bonchev–Trinajstić information content (AvgIpc) is 2.94. The summed E-state index contributed by atoms with van der Waals surface area (Å²) in [4.78, 5) is 22.4. The molecule has 1 unspecified atom stereocenters. The molecular formula is C21H29NO6. The highest BCUT2D eigenvalue weighted by Crippen LogP contribution is 2.35. The van der Waals surface area contributed by atoms with Gasteiger partial charge >= 0.3 is 12.1 Å². The second-order valence-electron chi connectivity index (χ2n) is 7.13. The second kappa shape index (κ2) is 11.5. The summed E-state index contributed by atoms with van der Waals surface area (Å²) in [5.41, 5.74) is 0.960. The number of carboxylic acid groups (broad SMARTS) is 1. The zero-order chi connectivity index (χ0) is 20.4. The number of alkyl carbamates (subject to hydrolysis) is 1. The normalized spacial score (nSPS) is 24.4. The quantitative estimate of drug-likeness (QED) is 0.360. The van der Waals surface area contributed by atoms with Crippen molar-refractivity contribution in [2.24, 2.45) is 11.8 Å². The number of aliphatic hydroxyl groups is 2. The number of unbranched alkanes of at least 4 members (excludes halogenated alkanes) is 1. The Labute approximate surface area is 165 Å². The number of rotatable bonds is 10. The van der Waals surface area contributed by atoms with E-state index in [9.17, 15) is 19.8 Å². The molecule has 1 aromatic carbocycles. The maximum absolute atomic E-state index is 11.9. The van der Waals surface area contributed by atoms with Gasteiger partial charge in [0, 0.05) is 18.9 Å². The van der Waals surface area contributed by atoms with E-state index in [1.54, 1.807) is 0 Å². The molecule has 0 saturated heterocycles. The van der Waals surface area contributed by atoms with Crippen molar-refractivity contribution in [2.75, 3.05) is 6.61 Å². The highest BCUT2D eigenvalue weighted by Gasteiger charge is 2.41. The van der Waals surface area contributed by atoms with Crippen molar-refractivity contribution >= 4 is 12.1 Å². The van der Waals surface area contributed by atoms with Crippen LogP contribution < -0.4 is 5.32 Å². The molecular weight excluding hydrogens is 362 g/mol. The van der Waals surface area contributed by atoms with Gasteiger partial charge in [0.15, 0.2) is 0 Å². The van der Waals surface area contributed by atoms with Crippen LogP contribution in [0.5, 0.6) is 0 Å². The zero-order valence-electron chi connectivity index (χ0n) is 15.9. The number of benzene rings is 1. The SMILES string of the molecule is O=C(O)CCC/C=C\CC1[C@@H](O)C[C@@H](O)[C@H]1COC(=O)NCc1ccccc1. The minimum atomic E-state index is -0.814. The first kappa shape index (κ1) is 21.9. The average molecular weight is 391 g/mol. The second-order valence-corrected chi connectivity index (χ2v) is 7.13. The number of carbonyl (C=O) groups is 2. The summed E-state index contributed by atoms with van der Waals surface area (Å²) in [6.45, 7) is 0.397. The fourth-order valence-electron chi connectivity index (χ4n) is 3.47. The van der Waals surface area contributed by atoms with Crippen molar-refractivity contribution in [1.82, 2.24) is 5.32 Å². The van der Waals surface area contributed by atoms with Gasteiger partial charge < -0.3 is 25.4 Å². The summed E-state index contributed by atoms with van der Waals surface area (Å²) in [6.07, 6.45) is 4.02. The van der Waals surface area contributed by atoms with E-state index >= 15 is 0 Å². The Kier molecular flexibility index (Phi) is 8.97. The monoisotopic (exact) mass is 391 g/mol. The van der Waals surface area contributed by atoms with E-state index in [1.807, 2.05) is 42.5 Å². The van der Waals surface area contributed by atoms with Gasteiger partial charge in [0.05, 0.1) is 18.8 Å². The molecule has 1 aliphatic carbocycles. The van der Waals surface area contributed by atoms with E-state index in [-0.39, 0.29) is 31.3 Å². The molecule has 0 heterocycles. The lowest BCUT2D eigenvalue weighted by Gasteiger charge is -2.22. The van der Waals surface area contributed by atoms with E-state index in [0.29, 0.717) is 25.8 Å². The molecule has 4 N–H and O–H groups in total. The third-order valence-electron chi connectivity index (χ3n) is 5.04. The topological polar surface area (TPSA) is 116 Å². The lowest BCUT2D eigenvalue weighted by Crippen LogP contribution is -2.31. The van der Waals surface area contributed by atoms with Crippen molar-refractivity contribution in [1.29, 1.82) is 0 Å². The molecule has 0 radical (unpaired) electrons. The van der Waals surface area contributed by atoms with Crippen LogP contribution in [0.1, 0.15) is 37.7 Å². The van der Waals surface area contributed by atoms with Crippen LogP contribution in [0.2, 0.25) is 0 Å². The predicted molar refractivity (Wildman–Crippen MR) is 103 cm³/mol. The van der Waals surface area contributed by atoms with Crippen LogP contribution in [0.25, 0.3) is 0 Å². The maximum Gasteiger partial charge on any atom is 0.407 e. The van der Waals surface area contributed by atoms with Crippen molar-refractivity contribution in [2.45, 2.75) is 50.9 Å². The first-order valence-corrected chi connectivity index (χ1v) is 9.65. The summed E-state index contributed by atoms with van der Waals surface area (Å²) in [5.74, 6) is -1.35. The van der Waals surface area contributed by atoms with Gasteiger partial charge in [0.25, 0.3) is 0 Å². The Hall–Kier alpha value is -2.38. The minimum Gasteiger partial charge on any atom is -0.481 e. The summed E-state index contributed by atoms with van der Waals surface area (Å²) in [7, 11) is 0. The molecule has 1 aromatic rings. The third-order valence-corrected chi connectivity index (χ3v) is 5.04. The number of allylic oxidation sites excluding steroid dienone is 2. The van der Waals surface area contributed by atoms with Crippen LogP contribution in [0.3, 0.4) is 0 Å². The molecule has 7 nitrogen and oxygen atoms in total. The van der Waals surface area contributed by atoms with Crippen LogP contribution in [-0.4, -0.2) is 46.2 Å². The number of aliphatic hydroxyl groups excluding tert-OH is 2. The van der Waals surface area contributed by atoms with Gasteiger partial charge in [-0.25, -0.2) is 4.79 Å². The molecule has 0 spiro atoms. The van der Waals surface area contributed by atoms with Gasteiger partial charge in [-0.3, -0.25) is 4.79 Å². The van der Waals surface area contributed by atoms with Gasteiger partial charge in [0.1, 0.15) is 0 Å². The fraction of sp³-hybridized carbons (Fsp3) is 0.524. The first-order valence-electron chi connectivity index (χ1n) is 9.65. The summed E-state index contributed by atoms with van der Waals surface area (Å²) in [6, 6.07) is 9.47. The van der Waals surface area contributed by atoms with Gasteiger partial charge in [-0.05, 0) is 37.2 Å². The molecule has 1 fully saturated rings. The van der Waals surface area contributed by atoms with Gasteiger partial charge in [-0.2, -0.15) is 0 Å². The largest absolute Gasteiger partial charge is 0.481 e. The number of hydrogen-bond acceptors (Lipinski definition) is 5. The summed E-state index contributed by atoms with van der Waals surface area (Å²) >= 11 is 0. The number of aliphatic carboxylic acids is 1. The number of carboxylic acids is 1. The van der Waals surface area contributed by atoms with E-state index in [2.05, 4.69) is 5.32 Å². The molecule has 1 saturated carbocycles. The molecule has 7 heteroatoms. The Morgan fingerprint density at radius 2 is 1.82 bits per heavy atom. The Morgan fingerprint density at radius 3 is 2.54 bits per heavy atom. The standard InChI is InChI=1S/C21H29NO6/c23-18-12-19(24)17(16(18)10-6-1-2-7-11-20(25)26)14-28-21(27)22-13-15-8-4-3-5-9-15/h1,3-6,8-9,16-19,23-24H,2,7,10-14H2,(H,22,27)(H,25,26)/b6-1-/t16?,17-,18-,19+/m0/s1. The molecule has 0 bridgehead atoms. The Morgan fingerprint density at radius 1 is 1.11 bits per heavy atom. The Balaban J connectivity index is 1.75.